The van der Waals surface area contributed by atoms with Gasteiger partial charge in [0.25, 0.3) is 5.56 Å². The number of fused-ring (bicyclic) bond motifs is 1. The Morgan fingerprint density at radius 2 is 2.17 bits per heavy atom. The number of thioether (sulfide) groups is 1. The van der Waals surface area contributed by atoms with Gasteiger partial charge in [-0.1, -0.05) is 23.4 Å². The normalized spacial score (nSPS) is 12.3. The van der Waals surface area contributed by atoms with Crippen LogP contribution in [-0.4, -0.2) is 39.4 Å². The Bertz CT molecular complexity index is 1100. The van der Waals surface area contributed by atoms with Gasteiger partial charge < -0.3 is 10.1 Å². The Kier molecular flexibility index (Phi) is 6.94. The standard InChI is InChI=1S/C19H21ClN4O3S2/c1-10-11(2)28-17-15(10)18(26)24(7-8-27-4)19(23-17)29-12(3)16(25)22-14-6-5-13(20)9-21-14/h5-6,9,12H,7-8H2,1-4H3,(H,21,22,25)/t12-/m1/s1. The summed E-state index contributed by atoms with van der Waals surface area (Å²) >= 11 is 8.54. The second-order valence-electron chi connectivity index (χ2n) is 6.42. The summed E-state index contributed by atoms with van der Waals surface area (Å²) in [7, 11) is 1.58. The van der Waals surface area contributed by atoms with Crippen LogP contribution in [0.2, 0.25) is 5.02 Å². The topological polar surface area (TPSA) is 86.1 Å². The molecule has 0 fully saturated rings. The third kappa shape index (κ3) is 4.80. The number of aryl methyl sites for hydroxylation is 2. The number of hydrogen-bond donors (Lipinski definition) is 1. The number of pyridine rings is 1. The van der Waals surface area contributed by atoms with Crippen LogP contribution in [0.1, 0.15) is 17.4 Å². The van der Waals surface area contributed by atoms with Crippen molar-refractivity contribution < 1.29 is 9.53 Å². The fourth-order valence-corrected chi connectivity index (χ4v) is 4.78. The molecule has 3 heterocycles. The van der Waals surface area contributed by atoms with E-state index in [0.717, 1.165) is 10.4 Å². The molecule has 0 aliphatic carbocycles. The molecule has 0 aromatic carbocycles. The molecule has 0 aliphatic rings. The molecule has 3 aromatic heterocycles. The van der Waals surface area contributed by atoms with Crippen molar-refractivity contribution in [1.82, 2.24) is 14.5 Å². The highest BCUT2D eigenvalue weighted by Gasteiger charge is 2.21. The van der Waals surface area contributed by atoms with Crippen molar-refractivity contribution in [2.24, 2.45) is 0 Å². The van der Waals surface area contributed by atoms with Crippen LogP contribution >= 0.6 is 34.7 Å². The van der Waals surface area contributed by atoms with Crippen molar-refractivity contribution in [3.8, 4) is 0 Å². The van der Waals surface area contributed by atoms with Gasteiger partial charge in [0.05, 0.1) is 28.8 Å². The molecule has 3 aromatic rings. The van der Waals surface area contributed by atoms with Crippen LogP contribution in [0.5, 0.6) is 0 Å². The van der Waals surface area contributed by atoms with Gasteiger partial charge in [-0.15, -0.1) is 11.3 Å². The van der Waals surface area contributed by atoms with E-state index >= 15 is 0 Å². The van der Waals surface area contributed by atoms with E-state index < -0.39 is 5.25 Å². The summed E-state index contributed by atoms with van der Waals surface area (Å²) in [6.45, 7) is 6.40. The average molecular weight is 453 g/mol. The zero-order chi connectivity index (χ0) is 21.1. The number of ether oxygens (including phenoxy) is 1. The number of anilines is 1. The van der Waals surface area contributed by atoms with Crippen molar-refractivity contribution in [2.45, 2.75) is 37.7 Å². The lowest BCUT2D eigenvalue weighted by Crippen LogP contribution is -2.28. The molecule has 3 rings (SSSR count). The number of halogens is 1. The maximum Gasteiger partial charge on any atom is 0.263 e. The Morgan fingerprint density at radius 3 is 2.83 bits per heavy atom. The number of carbonyl (C=O) groups is 1. The van der Waals surface area contributed by atoms with Gasteiger partial charge in [0.2, 0.25) is 5.91 Å². The van der Waals surface area contributed by atoms with Crippen LogP contribution in [0.15, 0.2) is 28.3 Å². The molecular weight excluding hydrogens is 432 g/mol. The van der Waals surface area contributed by atoms with Crippen molar-refractivity contribution >= 4 is 56.6 Å². The van der Waals surface area contributed by atoms with E-state index in [1.807, 2.05) is 13.8 Å². The van der Waals surface area contributed by atoms with Gasteiger partial charge in [-0.05, 0) is 38.5 Å². The van der Waals surface area contributed by atoms with Crippen LogP contribution in [0, 0.1) is 13.8 Å². The smallest absolute Gasteiger partial charge is 0.263 e. The number of carbonyl (C=O) groups excluding carboxylic acids is 1. The monoisotopic (exact) mass is 452 g/mol. The lowest BCUT2D eigenvalue weighted by Gasteiger charge is -2.15. The highest BCUT2D eigenvalue weighted by molar-refractivity contribution is 8.00. The number of thiophene rings is 1. The minimum atomic E-state index is -0.493. The molecule has 0 unspecified atom stereocenters. The minimum absolute atomic E-state index is 0.108. The fraction of sp³-hybridized carbons (Fsp3) is 0.368. The van der Waals surface area contributed by atoms with Crippen molar-refractivity contribution in [3.05, 3.63) is 44.1 Å². The van der Waals surface area contributed by atoms with Gasteiger partial charge in [-0.3, -0.25) is 14.2 Å². The van der Waals surface area contributed by atoms with Crippen LogP contribution < -0.4 is 10.9 Å². The van der Waals surface area contributed by atoms with Crippen LogP contribution in [0.3, 0.4) is 0 Å². The van der Waals surface area contributed by atoms with Gasteiger partial charge >= 0.3 is 0 Å². The Balaban J connectivity index is 1.90. The van der Waals surface area contributed by atoms with Gasteiger partial charge in [0.1, 0.15) is 10.6 Å². The molecule has 1 atom stereocenters. The first-order valence-corrected chi connectivity index (χ1v) is 11.0. The van der Waals surface area contributed by atoms with Crippen LogP contribution in [0.25, 0.3) is 10.2 Å². The van der Waals surface area contributed by atoms with E-state index in [1.54, 1.807) is 30.7 Å². The zero-order valence-corrected chi connectivity index (χ0v) is 18.9. The number of methoxy groups -OCH3 is 1. The number of amides is 1. The number of rotatable bonds is 7. The van der Waals surface area contributed by atoms with Crippen LogP contribution in [-0.2, 0) is 16.1 Å². The predicted octanol–water partition coefficient (Wildman–Crippen LogP) is 3.89. The molecule has 1 amide bonds. The molecule has 0 aliphatic heterocycles. The second-order valence-corrected chi connectivity index (χ2v) is 9.37. The van der Waals surface area contributed by atoms with E-state index in [4.69, 9.17) is 16.3 Å². The molecule has 29 heavy (non-hydrogen) atoms. The van der Waals surface area contributed by atoms with Gasteiger partial charge in [0, 0.05) is 18.2 Å². The largest absolute Gasteiger partial charge is 0.383 e. The highest BCUT2D eigenvalue weighted by Crippen LogP contribution is 2.30. The SMILES string of the molecule is COCCn1c(S[C@H](C)C(=O)Nc2ccc(Cl)cn2)nc2sc(C)c(C)c2c1=O. The van der Waals surface area contributed by atoms with E-state index in [9.17, 15) is 9.59 Å². The Labute approximate surface area is 181 Å². The molecule has 0 bridgehead atoms. The van der Waals surface area contributed by atoms with E-state index in [-0.39, 0.29) is 11.5 Å². The molecule has 154 valence electrons. The number of hydrogen-bond acceptors (Lipinski definition) is 7. The molecule has 7 nitrogen and oxygen atoms in total. The predicted molar refractivity (Wildman–Crippen MR) is 118 cm³/mol. The van der Waals surface area contributed by atoms with Gasteiger partial charge in [-0.2, -0.15) is 0 Å². The lowest BCUT2D eigenvalue weighted by molar-refractivity contribution is -0.115. The number of nitrogens with one attached hydrogen (secondary N) is 1. The summed E-state index contributed by atoms with van der Waals surface area (Å²) in [6, 6.07) is 3.29. The maximum atomic E-state index is 13.1. The molecule has 10 heteroatoms. The number of aromatic nitrogens is 3. The van der Waals surface area contributed by atoms with Gasteiger partial charge in [0.15, 0.2) is 5.16 Å². The first-order valence-electron chi connectivity index (χ1n) is 8.90. The number of nitrogens with zero attached hydrogens (tertiary/aromatic N) is 3. The molecular formula is C19H21ClN4O3S2. The first-order chi connectivity index (χ1) is 13.8. The second kappa shape index (κ2) is 9.25. The third-order valence-corrected chi connectivity index (χ3v) is 6.82. The van der Waals surface area contributed by atoms with E-state index in [1.165, 1.54) is 29.3 Å². The van der Waals surface area contributed by atoms with Crippen molar-refractivity contribution in [2.75, 3.05) is 19.0 Å². The Hall–Kier alpha value is -1.94. The quantitative estimate of drug-likeness (QED) is 0.432. The lowest BCUT2D eigenvalue weighted by atomic mass is 10.2. The van der Waals surface area contributed by atoms with E-state index in [2.05, 4.69) is 15.3 Å². The van der Waals surface area contributed by atoms with Gasteiger partial charge in [-0.25, -0.2) is 9.97 Å². The summed E-state index contributed by atoms with van der Waals surface area (Å²) < 4.78 is 6.74. The summed E-state index contributed by atoms with van der Waals surface area (Å²) in [6.07, 6.45) is 1.47. The molecule has 0 radical (unpaired) electrons. The fourth-order valence-electron chi connectivity index (χ4n) is 2.67. The summed E-state index contributed by atoms with van der Waals surface area (Å²) in [5.41, 5.74) is 0.841. The molecule has 1 N–H and O–H groups in total. The van der Waals surface area contributed by atoms with E-state index in [0.29, 0.717) is 39.4 Å². The first kappa shape index (κ1) is 21.8. The highest BCUT2D eigenvalue weighted by atomic mass is 35.5. The van der Waals surface area contributed by atoms with Crippen LogP contribution in [0.4, 0.5) is 5.82 Å². The van der Waals surface area contributed by atoms with Crippen molar-refractivity contribution in [1.29, 1.82) is 0 Å². The van der Waals surface area contributed by atoms with Crippen molar-refractivity contribution in [3.63, 3.8) is 0 Å². The third-order valence-electron chi connectivity index (χ3n) is 4.40. The Morgan fingerprint density at radius 1 is 1.41 bits per heavy atom. The summed E-state index contributed by atoms with van der Waals surface area (Å²) in [5, 5.41) is 3.88. The molecule has 0 saturated carbocycles. The summed E-state index contributed by atoms with van der Waals surface area (Å²) in [4.78, 5) is 36.2. The summed E-state index contributed by atoms with van der Waals surface area (Å²) in [5.74, 6) is 0.174. The zero-order valence-electron chi connectivity index (χ0n) is 16.5. The average Bonchev–Trinajstić information content (AvgIpc) is 2.97. The maximum absolute atomic E-state index is 13.1. The molecule has 0 spiro atoms. The molecule has 0 saturated heterocycles. The minimum Gasteiger partial charge on any atom is -0.383 e.